The molecule has 0 saturated carbocycles. The molecule has 0 saturated heterocycles. The SMILES string of the molecule is c1ccc(-c2ccc(-c3ccc(-n4c5ccccc5c5cc(-c6ccc7c(c6)c6ccccc6n7-c6ccc(-c7cc8c9ccccc9c9ccccc9c8c8c7ccc7ccccc78)cc6)ccc54)cc3)cc2)cc1.c1ccc(-c2ccc(-c3ccc(-n4c5ccccc5c5cc(-c6ccc7c(c6)c6ccccc6n7-c6cccc(-c7cc8c9ccccc9ccc8c8ccccc78)c6)ccc54)cc3)cc2)cc1. The van der Waals surface area contributed by atoms with Crippen LogP contribution in [0.4, 0.5) is 0 Å². The van der Waals surface area contributed by atoms with Crippen LogP contribution < -0.4 is 0 Å². The highest BCUT2D eigenvalue weighted by molar-refractivity contribution is 6.37. The Kier molecular flexibility index (Phi) is 19.0. The van der Waals surface area contributed by atoms with Crippen LogP contribution in [0.1, 0.15) is 0 Å². The molecule has 4 heteroatoms. The zero-order valence-corrected chi connectivity index (χ0v) is 78.6. The Labute approximate surface area is 831 Å². The van der Waals surface area contributed by atoms with E-state index < -0.39 is 0 Å². The summed E-state index contributed by atoms with van der Waals surface area (Å²) in [5.41, 5.74) is 33.5. The highest BCUT2D eigenvalue weighted by atomic mass is 15.0. The highest BCUT2D eigenvalue weighted by Crippen LogP contribution is 2.50. The molecule has 26 aromatic carbocycles. The van der Waals surface area contributed by atoms with Gasteiger partial charge in [0.2, 0.25) is 0 Å². The van der Waals surface area contributed by atoms with E-state index in [1.54, 1.807) is 0 Å². The zero-order valence-electron chi connectivity index (χ0n) is 78.6. The van der Waals surface area contributed by atoms with Crippen LogP contribution in [0, 0.1) is 0 Å². The van der Waals surface area contributed by atoms with E-state index in [1.165, 1.54) is 262 Å². The third-order valence-electron chi connectivity index (χ3n) is 30.6. The number of aromatic nitrogens is 4. The van der Waals surface area contributed by atoms with Crippen LogP contribution in [0.25, 0.3) is 285 Å². The Bertz CT molecular complexity index is 10500. The number of hydrogen-bond acceptors (Lipinski definition) is 0. The van der Waals surface area contributed by atoms with Crippen molar-refractivity contribution in [2.24, 2.45) is 0 Å². The van der Waals surface area contributed by atoms with Crippen LogP contribution in [0.5, 0.6) is 0 Å². The van der Waals surface area contributed by atoms with Crippen molar-refractivity contribution in [3.05, 3.63) is 534 Å². The van der Waals surface area contributed by atoms with Gasteiger partial charge in [-0.2, -0.15) is 0 Å². The third-order valence-corrected chi connectivity index (χ3v) is 30.6. The lowest BCUT2D eigenvalue weighted by Gasteiger charge is -2.18. The maximum absolute atomic E-state index is 2.46. The second-order valence-corrected chi connectivity index (χ2v) is 38.4. The van der Waals surface area contributed by atoms with E-state index in [0.717, 1.165) is 22.7 Å². The van der Waals surface area contributed by atoms with Crippen molar-refractivity contribution in [3.63, 3.8) is 0 Å². The molecule has 0 N–H and O–H groups in total. The molecule has 0 amide bonds. The van der Waals surface area contributed by atoms with E-state index >= 15 is 0 Å². The molecule has 0 fully saturated rings. The average molecular weight is 1830 g/mol. The van der Waals surface area contributed by atoms with Gasteiger partial charge in [-0.05, 0) is 309 Å². The van der Waals surface area contributed by atoms with E-state index in [4.69, 9.17) is 0 Å². The first-order valence-electron chi connectivity index (χ1n) is 49.8. The normalized spacial score (nSPS) is 11.9. The van der Waals surface area contributed by atoms with Crippen LogP contribution in [-0.2, 0) is 0 Å². The molecule has 0 unspecified atom stereocenters. The van der Waals surface area contributed by atoms with E-state index in [-0.39, 0.29) is 0 Å². The van der Waals surface area contributed by atoms with Crippen molar-refractivity contribution in [1.29, 1.82) is 0 Å². The zero-order chi connectivity index (χ0) is 94.6. The molecule has 0 spiro atoms. The lowest BCUT2D eigenvalue weighted by atomic mass is 9.85. The fourth-order valence-corrected chi connectivity index (χ4v) is 23.8. The average Bonchev–Trinajstić information content (AvgIpc) is 1.14. The smallest absolute Gasteiger partial charge is 0.0541 e. The minimum Gasteiger partial charge on any atom is -0.309 e. The van der Waals surface area contributed by atoms with E-state index in [0.29, 0.717) is 0 Å². The van der Waals surface area contributed by atoms with Gasteiger partial charge in [0, 0.05) is 65.8 Å². The molecule has 0 bridgehead atoms. The molecule has 0 aliphatic rings. The van der Waals surface area contributed by atoms with Crippen LogP contribution in [0.3, 0.4) is 0 Å². The first-order chi connectivity index (χ1) is 71.4. The largest absolute Gasteiger partial charge is 0.309 e. The molecular formula is C140H88N4. The molecular weight excluding hydrogens is 1740 g/mol. The second-order valence-electron chi connectivity index (χ2n) is 38.4. The molecule has 0 atom stereocenters. The quantitative estimate of drug-likeness (QED) is 0.109. The summed E-state index contributed by atoms with van der Waals surface area (Å²) in [6.07, 6.45) is 0. The van der Waals surface area contributed by atoms with E-state index in [9.17, 15) is 0 Å². The summed E-state index contributed by atoms with van der Waals surface area (Å²) >= 11 is 0. The van der Waals surface area contributed by atoms with Gasteiger partial charge in [0.1, 0.15) is 0 Å². The molecule has 0 aliphatic carbocycles. The van der Waals surface area contributed by atoms with Crippen molar-refractivity contribution >= 4 is 173 Å². The Morgan fingerprint density at radius 3 is 0.778 bits per heavy atom. The first-order valence-corrected chi connectivity index (χ1v) is 49.8. The van der Waals surface area contributed by atoms with Crippen molar-refractivity contribution in [2.75, 3.05) is 0 Å². The molecule has 30 aromatic rings. The maximum atomic E-state index is 2.46. The summed E-state index contributed by atoms with van der Waals surface area (Å²) in [5.74, 6) is 0. The fraction of sp³-hybridized carbons (Fsp3) is 0. The Balaban J connectivity index is 0.000000138. The molecule has 4 aromatic heterocycles. The summed E-state index contributed by atoms with van der Waals surface area (Å²) in [7, 11) is 0. The summed E-state index contributed by atoms with van der Waals surface area (Å²) in [6.45, 7) is 0. The molecule has 4 nitrogen and oxygen atoms in total. The monoisotopic (exact) mass is 1820 g/mol. The maximum Gasteiger partial charge on any atom is 0.0541 e. The van der Waals surface area contributed by atoms with Gasteiger partial charge in [-0.3, -0.25) is 0 Å². The number of hydrogen-bond donors (Lipinski definition) is 0. The molecule has 4 heterocycles. The fourth-order valence-electron chi connectivity index (χ4n) is 23.8. The van der Waals surface area contributed by atoms with E-state index in [2.05, 4.69) is 552 Å². The first kappa shape index (κ1) is 82.1. The molecule has 30 rings (SSSR count). The van der Waals surface area contributed by atoms with Gasteiger partial charge in [0.05, 0.1) is 44.1 Å². The molecule has 0 radical (unpaired) electrons. The van der Waals surface area contributed by atoms with E-state index in [1.807, 2.05) is 0 Å². The number of fused-ring (bicyclic) bond motifs is 27. The Morgan fingerprint density at radius 2 is 0.354 bits per heavy atom. The van der Waals surface area contributed by atoms with Gasteiger partial charge < -0.3 is 18.3 Å². The third kappa shape index (κ3) is 13.4. The Hall–Kier alpha value is -19.0. The van der Waals surface area contributed by atoms with Gasteiger partial charge in [-0.15, -0.1) is 0 Å². The highest BCUT2D eigenvalue weighted by Gasteiger charge is 2.25. The predicted molar refractivity (Wildman–Crippen MR) is 614 cm³/mol. The van der Waals surface area contributed by atoms with Crippen molar-refractivity contribution < 1.29 is 0 Å². The summed E-state index contributed by atoms with van der Waals surface area (Å²) < 4.78 is 9.70. The van der Waals surface area contributed by atoms with Crippen LogP contribution >= 0.6 is 0 Å². The van der Waals surface area contributed by atoms with Gasteiger partial charge in [-0.25, -0.2) is 0 Å². The summed E-state index contributed by atoms with van der Waals surface area (Å²) in [4.78, 5) is 0. The van der Waals surface area contributed by atoms with Gasteiger partial charge in [0.15, 0.2) is 0 Å². The minimum atomic E-state index is 1.14. The standard InChI is InChI=1S/C74H46N2.C66H42N2/c1-2-14-47(15-3-1)48-26-28-49(29-27-48)50-30-37-55(38-31-50)75-69-24-12-10-21-61(69)66-44-53(35-42-71(66)75)54-36-43-72-67(45-54)62-22-11-13-25-70(62)76(72)56-39-32-52(33-40-56)65-46-68-60-20-7-6-18-58(60)59-19-8-9-23-63(59)74(68)73-57-17-5-4-16-51(57)34-41-64(65)73;1-2-13-43(14-3-1)44-25-27-45(28-26-44)46-29-34-51(35-30-46)67-63-23-10-8-21-57(63)61-40-48(32-37-65(61)67)49-33-38-66-62(41-49)58-22-9-11-24-64(58)68(66)52-17-12-16-50(39-52)59-42-60-53-18-5-4-15-47(53)31-36-56(60)54-19-6-7-20-55(54)59/h1-46H;1-42H. The van der Waals surface area contributed by atoms with Gasteiger partial charge in [0.25, 0.3) is 0 Å². The lowest BCUT2D eigenvalue weighted by Crippen LogP contribution is -1.95. The number of benzene rings is 26. The molecule has 144 heavy (non-hydrogen) atoms. The number of nitrogens with zero attached hydrogens (tertiary/aromatic N) is 4. The summed E-state index contributed by atoms with van der Waals surface area (Å²) in [5, 5.41) is 30.4. The predicted octanol–water partition coefficient (Wildman–Crippen LogP) is 38.3. The lowest BCUT2D eigenvalue weighted by molar-refractivity contribution is 1.18. The van der Waals surface area contributed by atoms with Gasteiger partial charge >= 0.3 is 0 Å². The number of para-hydroxylation sites is 4. The van der Waals surface area contributed by atoms with Crippen molar-refractivity contribution in [1.82, 2.24) is 18.3 Å². The Morgan fingerprint density at radius 1 is 0.0972 bits per heavy atom. The topological polar surface area (TPSA) is 19.7 Å². The summed E-state index contributed by atoms with van der Waals surface area (Å²) in [6, 6.07) is 197. The van der Waals surface area contributed by atoms with Crippen LogP contribution in [0.2, 0.25) is 0 Å². The number of rotatable bonds is 12. The minimum absolute atomic E-state index is 1.14. The van der Waals surface area contributed by atoms with Crippen LogP contribution in [0.15, 0.2) is 534 Å². The van der Waals surface area contributed by atoms with Crippen LogP contribution in [-0.4, -0.2) is 18.3 Å². The molecule has 668 valence electrons. The van der Waals surface area contributed by atoms with Crippen molar-refractivity contribution in [2.45, 2.75) is 0 Å². The molecule has 0 aliphatic heterocycles. The van der Waals surface area contributed by atoms with Gasteiger partial charge in [-0.1, -0.05) is 400 Å². The van der Waals surface area contributed by atoms with Crippen molar-refractivity contribution in [3.8, 4) is 112 Å². The second kappa shape index (κ2) is 33.4.